The summed E-state index contributed by atoms with van der Waals surface area (Å²) in [5.74, 6) is -6.34. The van der Waals surface area contributed by atoms with E-state index in [9.17, 15) is 26.7 Å². The fraction of sp³-hybridized carbons (Fsp3) is 0.308. The Morgan fingerprint density at radius 2 is 1.78 bits per heavy atom. The summed E-state index contributed by atoms with van der Waals surface area (Å²) in [4.78, 5) is 14.6. The first-order chi connectivity index (χ1) is 10.5. The molecule has 0 fully saturated rings. The Labute approximate surface area is 126 Å². The molecule has 2 aromatic rings. The molecule has 1 N–H and O–H groups in total. The van der Waals surface area contributed by atoms with E-state index in [4.69, 9.17) is 5.11 Å². The van der Waals surface area contributed by atoms with Crippen molar-refractivity contribution in [2.24, 2.45) is 0 Å². The fourth-order valence-electron chi connectivity index (χ4n) is 2.00. The smallest absolute Gasteiger partial charge is 0.458 e. The molecule has 124 valence electrons. The van der Waals surface area contributed by atoms with Crippen molar-refractivity contribution in [3.63, 3.8) is 0 Å². The highest BCUT2D eigenvalue weighted by Gasteiger charge is 2.59. The lowest BCUT2D eigenvalue weighted by Crippen LogP contribution is -2.34. The van der Waals surface area contributed by atoms with Crippen LogP contribution in [0.25, 0.3) is 5.82 Å². The highest BCUT2D eigenvalue weighted by atomic mass is 19.4. The van der Waals surface area contributed by atoms with E-state index in [0.29, 0.717) is 6.07 Å². The van der Waals surface area contributed by atoms with Crippen molar-refractivity contribution in [2.75, 3.05) is 0 Å². The summed E-state index contributed by atoms with van der Waals surface area (Å²) in [5, 5.41) is 12.7. The molecule has 2 heterocycles. The molecule has 2 rings (SSSR count). The van der Waals surface area contributed by atoms with Gasteiger partial charge in [0.05, 0.1) is 17.5 Å². The van der Waals surface area contributed by atoms with Crippen molar-refractivity contribution < 1.29 is 31.9 Å². The average Bonchev–Trinajstić information content (AvgIpc) is 2.78. The first-order valence-electron chi connectivity index (χ1n) is 6.17. The largest absolute Gasteiger partial charge is 0.478 e. The van der Waals surface area contributed by atoms with Crippen LogP contribution in [0.4, 0.5) is 22.0 Å². The van der Waals surface area contributed by atoms with Gasteiger partial charge in [-0.3, -0.25) is 0 Å². The molecule has 0 atom stereocenters. The molecule has 0 spiro atoms. The summed E-state index contributed by atoms with van der Waals surface area (Å²) in [7, 11) is 0. The third kappa shape index (κ3) is 2.76. The highest BCUT2D eigenvalue weighted by molar-refractivity contribution is 5.88. The Balaban J connectivity index is 2.51. The van der Waals surface area contributed by atoms with E-state index < -0.39 is 29.3 Å². The number of halogens is 5. The number of pyridine rings is 1. The second kappa shape index (κ2) is 5.28. The van der Waals surface area contributed by atoms with Gasteiger partial charge in [-0.15, -0.1) is 0 Å². The SMILES string of the molecule is Cc1nc(-n2ncc(C(=O)O)c2C)ccc1C(F)(F)C(F)(F)F. The number of nitrogens with zero attached hydrogens (tertiary/aromatic N) is 3. The Morgan fingerprint density at radius 3 is 2.22 bits per heavy atom. The van der Waals surface area contributed by atoms with E-state index in [-0.39, 0.29) is 17.1 Å². The second-order valence-corrected chi connectivity index (χ2v) is 4.74. The number of aromatic carboxylic acids is 1. The minimum atomic E-state index is -5.74. The van der Waals surface area contributed by atoms with Crippen molar-refractivity contribution in [1.29, 1.82) is 0 Å². The van der Waals surface area contributed by atoms with Gasteiger partial charge in [0.2, 0.25) is 0 Å². The normalized spacial score (nSPS) is 12.5. The van der Waals surface area contributed by atoms with Crippen LogP contribution in [0.1, 0.15) is 27.3 Å². The molecule has 0 bridgehead atoms. The molecule has 0 aliphatic carbocycles. The van der Waals surface area contributed by atoms with Gasteiger partial charge >= 0.3 is 18.1 Å². The minimum Gasteiger partial charge on any atom is -0.478 e. The Hall–Kier alpha value is -2.52. The number of carboxylic acid groups (broad SMARTS) is 1. The van der Waals surface area contributed by atoms with Gasteiger partial charge < -0.3 is 5.11 Å². The van der Waals surface area contributed by atoms with Crippen molar-refractivity contribution in [3.8, 4) is 5.82 Å². The zero-order valence-corrected chi connectivity index (χ0v) is 11.8. The molecule has 2 aromatic heterocycles. The first kappa shape index (κ1) is 16.8. The number of rotatable bonds is 3. The molecular formula is C13H10F5N3O2. The van der Waals surface area contributed by atoms with Gasteiger partial charge in [0.1, 0.15) is 5.56 Å². The summed E-state index contributed by atoms with van der Waals surface area (Å²) in [6, 6.07) is 1.53. The Bertz CT molecular complexity index is 767. The minimum absolute atomic E-state index is 0.0609. The van der Waals surface area contributed by atoms with Crippen LogP contribution in [0, 0.1) is 13.8 Å². The van der Waals surface area contributed by atoms with Gasteiger partial charge in [0, 0.05) is 5.69 Å². The molecule has 23 heavy (non-hydrogen) atoms. The van der Waals surface area contributed by atoms with Crippen molar-refractivity contribution in [1.82, 2.24) is 14.8 Å². The zero-order chi connectivity index (χ0) is 17.6. The van der Waals surface area contributed by atoms with Crippen LogP contribution in [-0.4, -0.2) is 32.0 Å². The number of hydrogen-bond acceptors (Lipinski definition) is 3. The molecule has 0 saturated carbocycles. The molecule has 10 heteroatoms. The van der Waals surface area contributed by atoms with Crippen LogP contribution >= 0.6 is 0 Å². The van der Waals surface area contributed by atoms with Crippen LogP contribution in [0.5, 0.6) is 0 Å². The number of carboxylic acids is 1. The van der Waals surface area contributed by atoms with Crippen LogP contribution < -0.4 is 0 Å². The van der Waals surface area contributed by atoms with Crippen LogP contribution in [0.2, 0.25) is 0 Å². The lowest BCUT2D eigenvalue weighted by Gasteiger charge is -2.21. The maximum absolute atomic E-state index is 13.4. The number of aryl methyl sites for hydroxylation is 1. The van der Waals surface area contributed by atoms with E-state index in [0.717, 1.165) is 23.9 Å². The third-order valence-corrected chi connectivity index (χ3v) is 3.22. The van der Waals surface area contributed by atoms with Gasteiger partial charge in [-0.05, 0) is 26.0 Å². The molecule has 0 amide bonds. The summed E-state index contributed by atoms with van der Waals surface area (Å²) in [6.45, 7) is 2.42. The summed E-state index contributed by atoms with van der Waals surface area (Å²) in [6.07, 6.45) is -4.70. The predicted octanol–water partition coefficient (Wildman–Crippen LogP) is 3.24. The van der Waals surface area contributed by atoms with Gasteiger partial charge in [0.25, 0.3) is 0 Å². The van der Waals surface area contributed by atoms with Gasteiger partial charge in [-0.2, -0.15) is 27.1 Å². The summed E-state index contributed by atoms with van der Waals surface area (Å²) < 4.78 is 65.1. The van der Waals surface area contributed by atoms with Crippen LogP contribution in [-0.2, 0) is 5.92 Å². The van der Waals surface area contributed by atoms with E-state index in [1.54, 1.807) is 0 Å². The quantitative estimate of drug-likeness (QED) is 0.875. The van der Waals surface area contributed by atoms with E-state index in [1.807, 2.05) is 0 Å². The van der Waals surface area contributed by atoms with E-state index in [2.05, 4.69) is 10.1 Å². The topological polar surface area (TPSA) is 68.0 Å². The summed E-state index contributed by atoms with van der Waals surface area (Å²) in [5.41, 5.74) is -1.76. The van der Waals surface area contributed by atoms with Gasteiger partial charge in [-0.25, -0.2) is 14.5 Å². The van der Waals surface area contributed by atoms with Crippen LogP contribution in [0.15, 0.2) is 18.3 Å². The molecule has 0 aliphatic heterocycles. The monoisotopic (exact) mass is 335 g/mol. The standard InChI is InChI=1S/C13H10F5N3O2/c1-6-9(12(14,15)13(16,17)18)3-4-10(20-6)21-7(2)8(5-19-21)11(22)23/h3-5H,1-2H3,(H,22,23). The van der Waals surface area contributed by atoms with Gasteiger partial charge in [-0.1, -0.05) is 0 Å². The lowest BCUT2D eigenvalue weighted by atomic mass is 10.1. The maximum Gasteiger partial charge on any atom is 0.458 e. The predicted molar refractivity (Wildman–Crippen MR) is 67.7 cm³/mol. The molecule has 0 aromatic carbocycles. The fourth-order valence-corrected chi connectivity index (χ4v) is 2.00. The molecule has 5 nitrogen and oxygen atoms in total. The third-order valence-electron chi connectivity index (χ3n) is 3.22. The first-order valence-corrected chi connectivity index (χ1v) is 6.17. The van der Waals surface area contributed by atoms with E-state index in [1.165, 1.54) is 6.92 Å². The summed E-state index contributed by atoms with van der Waals surface area (Å²) >= 11 is 0. The van der Waals surface area contributed by atoms with Crippen LogP contribution in [0.3, 0.4) is 0 Å². The molecule has 0 radical (unpaired) electrons. The van der Waals surface area contributed by atoms with Crippen molar-refractivity contribution in [3.05, 3.63) is 40.8 Å². The average molecular weight is 335 g/mol. The molecule has 0 aliphatic rings. The number of hydrogen-bond donors (Lipinski definition) is 1. The van der Waals surface area contributed by atoms with Crippen molar-refractivity contribution >= 4 is 5.97 Å². The molecule has 0 saturated heterocycles. The number of aromatic nitrogens is 3. The molecule has 0 unspecified atom stereocenters. The van der Waals surface area contributed by atoms with Crippen molar-refractivity contribution in [2.45, 2.75) is 25.9 Å². The molecular weight excluding hydrogens is 325 g/mol. The Kier molecular flexibility index (Phi) is 3.87. The van der Waals surface area contributed by atoms with E-state index >= 15 is 0 Å². The maximum atomic E-state index is 13.4. The Morgan fingerprint density at radius 1 is 1.17 bits per heavy atom. The number of carbonyl (C=O) groups is 1. The lowest BCUT2D eigenvalue weighted by molar-refractivity contribution is -0.289. The van der Waals surface area contributed by atoms with Gasteiger partial charge in [0.15, 0.2) is 5.82 Å². The zero-order valence-electron chi connectivity index (χ0n) is 11.8. The number of alkyl halides is 5. The highest BCUT2D eigenvalue weighted by Crippen LogP contribution is 2.44. The second-order valence-electron chi connectivity index (χ2n) is 4.74.